The van der Waals surface area contributed by atoms with Gasteiger partial charge in [0.05, 0.1) is 36.7 Å². The van der Waals surface area contributed by atoms with E-state index >= 15 is 0 Å². The molecule has 1 atom stereocenters. The lowest BCUT2D eigenvalue weighted by Gasteiger charge is -2.56. The lowest BCUT2D eigenvalue weighted by Crippen LogP contribution is -2.70. The van der Waals surface area contributed by atoms with Gasteiger partial charge in [0.1, 0.15) is 11.6 Å². The topological polar surface area (TPSA) is 132 Å². The number of aromatic nitrogens is 2. The first-order chi connectivity index (χ1) is 17.9. The number of rotatable bonds is 9. The molecule has 1 aromatic carbocycles. The molecule has 5 rings (SSSR count). The smallest absolute Gasteiger partial charge is 0.419 e. The molecule has 0 aliphatic heterocycles. The summed E-state index contributed by atoms with van der Waals surface area (Å²) in [6, 6.07) is 2.19. The van der Waals surface area contributed by atoms with Gasteiger partial charge in [-0.15, -0.1) is 0 Å². The number of aliphatic hydroxyl groups is 1. The van der Waals surface area contributed by atoms with Crippen LogP contribution in [0.5, 0.6) is 17.5 Å². The maximum absolute atomic E-state index is 13.7. The minimum absolute atomic E-state index is 0.162. The molecule has 38 heavy (non-hydrogen) atoms. The van der Waals surface area contributed by atoms with Crippen LogP contribution in [0, 0.1) is 5.82 Å². The number of hydrogen-bond donors (Lipinski definition) is 3. The molecule has 1 aromatic heterocycles. The van der Waals surface area contributed by atoms with Crippen LogP contribution in [0.4, 0.5) is 17.6 Å². The van der Waals surface area contributed by atoms with Gasteiger partial charge in [-0.2, -0.15) is 23.1 Å². The van der Waals surface area contributed by atoms with Crippen molar-refractivity contribution in [2.24, 2.45) is 0 Å². The van der Waals surface area contributed by atoms with E-state index in [-0.39, 0.29) is 36.4 Å². The maximum atomic E-state index is 13.7. The number of ether oxygens (including phenoxy) is 3. The Morgan fingerprint density at radius 3 is 2.18 bits per heavy atom. The summed E-state index contributed by atoms with van der Waals surface area (Å²) in [6.07, 6.45) is -1.12. The van der Waals surface area contributed by atoms with Gasteiger partial charge < -0.3 is 30.0 Å². The van der Waals surface area contributed by atoms with Gasteiger partial charge in [0.2, 0.25) is 0 Å². The molecule has 3 aliphatic carbocycles. The average Bonchev–Trinajstić information content (AvgIpc) is 2.87. The van der Waals surface area contributed by atoms with Crippen molar-refractivity contribution in [1.82, 2.24) is 20.6 Å². The Morgan fingerprint density at radius 2 is 1.63 bits per heavy atom. The molecule has 0 spiro atoms. The van der Waals surface area contributed by atoms with Crippen LogP contribution in [0.15, 0.2) is 30.6 Å². The minimum atomic E-state index is -4.84. The standard InChI is InChI=1S/C24H26F4N4O6/c1-36-21-29-10-15(11-30-21)38-12-19(34)31-22-4-6-23(7-5-22,18(33)9-22)32-20(35)13-37-14-2-3-16(17(25)8-14)24(26,27)28/h2-3,8,10-11,18,33H,4-7,9,12-13H2,1H3,(H,31,34)(H,32,35)/t18-,22?,23?/m0/s1. The third-order valence-electron chi connectivity index (χ3n) is 6.89. The van der Waals surface area contributed by atoms with E-state index in [1.165, 1.54) is 19.5 Å². The average molecular weight is 542 g/mol. The first-order valence-corrected chi connectivity index (χ1v) is 11.7. The zero-order valence-electron chi connectivity index (χ0n) is 20.3. The summed E-state index contributed by atoms with van der Waals surface area (Å²) >= 11 is 0. The van der Waals surface area contributed by atoms with Crippen molar-refractivity contribution >= 4 is 11.8 Å². The Morgan fingerprint density at radius 1 is 1.03 bits per heavy atom. The number of carbonyl (C=O) groups is 2. The van der Waals surface area contributed by atoms with Crippen LogP contribution in [0.3, 0.4) is 0 Å². The second kappa shape index (κ2) is 10.6. The fourth-order valence-corrected chi connectivity index (χ4v) is 4.90. The zero-order valence-corrected chi connectivity index (χ0v) is 20.3. The fourth-order valence-electron chi connectivity index (χ4n) is 4.90. The van der Waals surface area contributed by atoms with E-state index in [0.29, 0.717) is 37.8 Å². The van der Waals surface area contributed by atoms with Crippen molar-refractivity contribution in [2.75, 3.05) is 20.3 Å². The summed E-state index contributed by atoms with van der Waals surface area (Å²) in [5, 5.41) is 16.5. The number of halogens is 4. The Labute approximate surface area is 214 Å². The summed E-state index contributed by atoms with van der Waals surface area (Å²) in [5.74, 6) is -2.46. The maximum Gasteiger partial charge on any atom is 0.419 e. The molecule has 1 heterocycles. The number of hydrogen-bond acceptors (Lipinski definition) is 8. The van der Waals surface area contributed by atoms with Crippen LogP contribution in [-0.4, -0.2) is 64.4 Å². The van der Waals surface area contributed by atoms with Crippen molar-refractivity contribution in [3.63, 3.8) is 0 Å². The van der Waals surface area contributed by atoms with Crippen LogP contribution < -0.4 is 24.8 Å². The second-order valence-corrected chi connectivity index (χ2v) is 9.37. The van der Waals surface area contributed by atoms with E-state index in [0.717, 1.165) is 6.07 Å². The van der Waals surface area contributed by atoms with E-state index in [1.54, 1.807) is 0 Å². The predicted molar refractivity (Wildman–Crippen MR) is 122 cm³/mol. The highest BCUT2D eigenvalue weighted by atomic mass is 19.4. The number of alkyl halides is 3. The normalized spacial score (nSPS) is 24.4. The van der Waals surface area contributed by atoms with Crippen molar-refractivity contribution < 1.29 is 46.5 Å². The van der Waals surface area contributed by atoms with Gasteiger partial charge in [-0.05, 0) is 44.2 Å². The van der Waals surface area contributed by atoms with Crippen molar-refractivity contribution in [3.8, 4) is 17.5 Å². The van der Waals surface area contributed by atoms with E-state index in [2.05, 4.69) is 20.6 Å². The Kier molecular flexibility index (Phi) is 7.63. The summed E-state index contributed by atoms with van der Waals surface area (Å²) in [7, 11) is 1.42. The van der Waals surface area contributed by atoms with Gasteiger partial charge in [0, 0.05) is 11.6 Å². The van der Waals surface area contributed by atoms with Crippen molar-refractivity contribution in [1.29, 1.82) is 0 Å². The Hall–Kier alpha value is -3.68. The van der Waals surface area contributed by atoms with E-state index < -0.39 is 47.3 Å². The molecule has 2 aromatic rings. The van der Waals surface area contributed by atoms with Crippen molar-refractivity contribution in [3.05, 3.63) is 42.0 Å². The minimum Gasteiger partial charge on any atom is -0.484 e. The number of benzene rings is 1. The van der Waals surface area contributed by atoms with E-state index in [1.807, 2.05) is 0 Å². The number of nitrogens with zero attached hydrogens (tertiary/aromatic N) is 2. The highest BCUT2D eigenvalue weighted by Crippen LogP contribution is 2.47. The van der Waals surface area contributed by atoms with Crippen LogP contribution in [0.25, 0.3) is 0 Å². The van der Waals surface area contributed by atoms with Crippen LogP contribution >= 0.6 is 0 Å². The van der Waals surface area contributed by atoms with Crippen LogP contribution in [-0.2, 0) is 15.8 Å². The van der Waals surface area contributed by atoms with Crippen LogP contribution in [0.1, 0.15) is 37.7 Å². The Bertz CT molecular complexity index is 1170. The largest absolute Gasteiger partial charge is 0.484 e. The molecule has 2 bridgehead atoms. The molecule has 3 saturated carbocycles. The van der Waals surface area contributed by atoms with Gasteiger partial charge in [-0.25, -0.2) is 4.39 Å². The molecule has 0 unspecified atom stereocenters. The van der Waals surface area contributed by atoms with E-state index in [4.69, 9.17) is 14.2 Å². The molecule has 2 amide bonds. The molecule has 206 valence electrons. The molecule has 3 fully saturated rings. The summed E-state index contributed by atoms with van der Waals surface area (Å²) < 4.78 is 67.2. The predicted octanol–water partition coefficient (Wildman–Crippen LogP) is 2.15. The van der Waals surface area contributed by atoms with Gasteiger partial charge >= 0.3 is 12.2 Å². The van der Waals surface area contributed by atoms with Gasteiger partial charge in [0.15, 0.2) is 19.0 Å². The lowest BCUT2D eigenvalue weighted by molar-refractivity contribution is -0.140. The summed E-state index contributed by atoms with van der Waals surface area (Å²) in [5.41, 5.74) is -3.02. The zero-order chi connectivity index (χ0) is 27.6. The van der Waals surface area contributed by atoms with Gasteiger partial charge in [-0.3, -0.25) is 9.59 Å². The van der Waals surface area contributed by atoms with Gasteiger partial charge in [-0.1, -0.05) is 0 Å². The number of nitrogens with one attached hydrogen (secondary N) is 2. The molecule has 0 radical (unpaired) electrons. The summed E-state index contributed by atoms with van der Waals surface area (Å²) in [4.78, 5) is 32.8. The second-order valence-electron chi connectivity index (χ2n) is 9.37. The van der Waals surface area contributed by atoms with Crippen LogP contribution in [0.2, 0.25) is 0 Å². The molecule has 3 N–H and O–H groups in total. The SMILES string of the molecule is COc1ncc(OCC(=O)NC23CCC(NC(=O)COc4ccc(C(F)(F)F)c(F)c4)(CC2)[C@@H](O)C3)cn1. The highest BCUT2D eigenvalue weighted by molar-refractivity contribution is 5.79. The van der Waals surface area contributed by atoms with Gasteiger partial charge in [0.25, 0.3) is 11.8 Å². The molecule has 10 nitrogen and oxygen atoms in total. The molecule has 0 saturated heterocycles. The van der Waals surface area contributed by atoms with E-state index in [9.17, 15) is 32.3 Å². The molecular formula is C24H26F4N4O6. The molecular weight excluding hydrogens is 516 g/mol. The quantitative estimate of drug-likeness (QED) is 0.411. The number of aliphatic hydroxyl groups excluding tert-OH is 1. The third kappa shape index (κ3) is 6.06. The number of methoxy groups -OCH3 is 1. The summed E-state index contributed by atoms with van der Waals surface area (Å²) in [6.45, 7) is -0.856. The monoisotopic (exact) mass is 542 g/mol. The lowest BCUT2D eigenvalue weighted by atomic mass is 9.60. The van der Waals surface area contributed by atoms with Crippen molar-refractivity contribution in [2.45, 2.75) is 55.5 Å². The number of fused-ring (bicyclic) bond motifs is 3. The Balaban J connectivity index is 1.26. The fraction of sp³-hybridized carbons (Fsp3) is 0.500. The first kappa shape index (κ1) is 27.4. The highest BCUT2D eigenvalue weighted by Gasteiger charge is 2.55. The number of amides is 2. The first-order valence-electron chi connectivity index (χ1n) is 11.7. The molecule has 14 heteroatoms. The number of carbonyl (C=O) groups excluding carboxylic acids is 2. The molecule has 3 aliphatic rings. The third-order valence-corrected chi connectivity index (χ3v) is 6.89.